The van der Waals surface area contributed by atoms with E-state index < -0.39 is 20.9 Å². The summed E-state index contributed by atoms with van der Waals surface area (Å²) in [7, 11) is -4.01. The smallest absolute Gasteiger partial charge is 0.271 e. The van der Waals surface area contributed by atoms with Gasteiger partial charge in [-0.05, 0) is 30.7 Å². The first-order valence-electron chi connectivity index (χ1n) is 6.38. The van der Waals surface area contributed by atoms with Crippen LogP contribution in [0.1, 0.15) is 15.9 Å². The van der Waals surface area contributed by atoms with Gasteiger partial charge in [-0.1, -0.05) is 12.1 Å². The fourth-order valence-corrected chi connectivity index (χ4v) is 3.01. The van der Waals surface area contributed by atoms with Gasteiger partial charge in [0.2, 0.25) is 5.91 Å². The second kappa shape index (κ2) is 6.05. The molecule has 9 heteroatoms. The summed E-state index contributed by atoms with van der Waals surface area (Å²) in [6.07, 6.45) is 0. The van der Waals surface area contributed by atoms with E-state index in [-0.39, 0.29) is 21.8 Å². The van der Waals surface area contributed by atoms with Crippen molar-refractivity contribution in [1.82, 2.24) is 0 Å². The number of nitrogens with one attached hydrogen (secondary N) is 1. The van der Waals surface area contributed by atoms with Gasteiger partial charge >= 0.3 is 0 Å². The maximum atomic E-state index is 12.3. The Morgan fingerprint density at radius 2 is 1.91 bits per heavy atom. The summed E-state index contributed by atoms with van der Waals surface area (Å²) >= 11 is 0. The highest BCUT2D eigenvalue weighted by Crippen LogP contribution is 2.22. The lowest BCUT2D eigenvalue weighted by Crippen LogP contribution is -2.17. The van der Waals surface area contributed by atoms with Crippen molar-refractivity contribution in [2.75, 3.05) is 4.72 Å². The molecule has 120 valence electrons. The minimum Gasteiger partial charge on any atom is -0.366 e. The molecule has 0 bridgehead atoms. The Hall–Kier alpha value is -2.94. The second-order valence-corrected chi connectivity index (χ2v) is 6.44. The summed E-state index contributed by atoms with van der Waals surface area (Å²) in [6, 6.07) is 9.03. The van der Waals surface area contributed by atoms with Crippen molar-refractivity contribution in [1.29, 1.82) is 0 Å². The van der Waals surface area contributed by atoms with E-state index in [0.29, 0.717) is 5.56 Å². The summed E-state index contributed by atoms with van der Waals surface area (Å²) in [4.78, 5) is 21.2. The number of primary amides is 1. The average molecular weight is 335 g/mol. The summed E-state index contributed by atoms with van der Waals surface area (Å²) in [6.45, 7) is 1.63. The zero-order valence-electron chi connectivity index (χ0n) is 12.0. The molecule has 8 nitrogen and oxygen atoms in total. The molecule has 0 aliphatic rings. The van der Waals surface area contributed by atoms with E-state index in [9.17, 15) is 23.3 Å². The van der Waals surface area contributed by atoms with Gasteiger partial charge in [-0.15, -0.1) is 0 Å². The number of non-ortho nitro benzene ring substituents is 1. The molecule has 0 unspecified atom stereocenters. The van der Waals surface area contributed by atoms with E-state index in [1.807, 2.05) is 0 Å². The van der Waals surface area contributed by atoms with Gasteiger partial charge in [0.15, 0.2) is 0 Å². The van der Waals surface area contributed by atoms with E-state index in [2.05, 4.69) is 4.72 Å². The Morgan fingerprint density at radius 1 is 1.22 bits per heavy atom. The fourth-order valence-electron chi connectivity index (χ4n) is 1.93. The van der Waals surface area contributed by atoms with E-state index in [0.717, 1.165) is 12.1 Å². The van der Waals surface area contributed by atoms with Gasteiger partial charge in [0.05, 0.1) is 15.5 Å². The highest BCUT2D eigenvalue weighted by molar-refractivity contribution is 7.92. The lowest BCUT2D eigenvalue weighted by molar-refractivity contribution is -0.384. The number of anilines is 1. The number of nitro benzene ring substituents is 1. The quantitative estimate of drug-likeness (QED) is 0.635. The van der Waals surface area contributed by atoms with Crippen molar-refractivity contribution in [3.8, 4) is 0 Å². The predicted octanol–water partition coefficient (Wildman–Crippen LogP) is 1.80. The lowest BCUT2D eigenvalue weighted by atomic mass is 10.1. The zero-order valence-corrected chi connectivity index (χ0v) is 12.8. The molecule has 2 rings (SSSR count). The normalized spacial score (nSPS) is 11.0. The van der Waals surface area contributed by atoms with Gasteiger partial charge in [0.1, 0.15) is 0 Å². The highest BCUT2D eigenvalue weighted by atomic mass is 32.2. The average Bonchev–Trinajstić information content (AvgIpc) is 2.46. The topological polar surface area (TPSA) is 132 Å². The third kappa shape index (κ3) is 3.64. The molecule has 2 aromatic rings. The number of rotatable bonds is 5. The zero-order chi connectivity index (χ0) is 17.2. The third-order valence-electron chi connectivity index (χ3n) is 3.09. The van der Waals surface area contributed by atoms with Crippen molar-refractivity contribution in [3.05, 3.63) is 63.7 Å². The first-order valence-corrected chi connectivity index (χ1v) is 7.87. The van der Waals surface area contributed by atoms with Crippen LogP contribution in [-0.2, 0) is 10.0 Å². The lowest BCUT2D eigenvalue weighted by Gasteiger charge is -2.10. The molecule has 0 radical (unpaired) electrons. The summed E-state index contributed by atoms with van der Waals surface area (Å²) in [5.41, 5.74) is 5.64. The Bertz CT molecular complexity index is 893. The number of hydrogen-bond acceptors (Lipinski definition) is 5. The van der Waals surface area contributed by atoms with Crippen LogP contribution in [0.3, 0.4) is 0 Å². The van der Waals surface area contributed by atoms with E-state index >= 15 is 0 Å². The first-order chi connectivity index (χ1) is 10.7. The van der Waals surface area contributed by atoms with E-state index in [1.54, 1.807) is 6.92 Å². The molecule has 0 saturated carbocycles. The van der Waals surface area contributed by atoms with Gasteiger partial charge in [-0.25, -0.2) is 8.42 Å². The molecule has 0 aliphatic carbocycles. The molecule has 0 aliphatic heterocycles. The summed E-state index contributed by atoms with van der Waals surface area (Å²) in [5.74, 6) is -0.741. The van der Waals surface area contributed by atoms with Crippen molar-refractivity contribution >= 4 is 27.3 Å². The molecule has 0 heterocycles. The minimum atomic E-state index is -4.01. The maximum Gasteiger partial charge on any atom is 0.271 e. The standard InChI is InChI=1S/C14H13N3O5S/c1-9-5-6-12(8-13(9)14(15)18)23(21,22)16-10-3-2-4-11(7-10)17(19)20/h2-8,16H,1H3,(H2,15,18). The number of nitro groups is 1. The monoisotopic (exact) mass is 335 g/mol. The Morgan fingerprint density at radius 3 is 2.52 bits per heavy atom. The van der Waals surface area contributed by atoms with Gasteiger partial charge in [0.25, 0.3) is 15.7 Å². The van der Waals surface area contributed by atoms with Gasteiger partial charge in [0, 0.05) is 17.7 Å². The van der Waals surface area contributed by atoms with E-state index in [4.69, 9.17) is 5.73 Å². The number of nitrogens with two attached hydrogens (primary N) is 1. The van der Waals surface area contributed by atoms with Crippen LogP contribution < -0.4 is 10.5 Å². The molecule has 0 fully saturated rings. The number of carbonyl (C=O) groups is 1. The largest absolute Gasteiger partial charge is 0.366 e. The molecule has 0 aromatic heterocycles. The van der Waals surface area contributed by atoms with Crippen molar-refractivity contribution in [3.63, 3.8) is 0 Å². The number of carbonyl (C=O) groups excluding carboxylic acids is 1. The minimum absolute atomic E-state index is 0.0420. The number of sulfonamides is 1. The second-order valence-electron chi connectivity index (χ2n) is 4.75. The predicted molar refractivity (Wildman–Crippen MR) is 83.6 cm³/mol. The SMILES string of the molecule is Cc1ccc(S(=O)(=O)Nc2cccc([N+](=O)[O-])c2)cc1C(N)=O. The number of aryl methyl sites for hydroxylation is 1. The Labute approximate surface area is 132 Å². The van der Waals surface area contributed by atoms with Crippen LogP contribution in [0.15, 0.2) is 47.4 Å². The van der Waals surface area contributed by atoms with E-state index in [1.165, 1.54) is 30.3 Å². The van der Waals surface area contributed by atoms with Gasteiger partial charge < -0.3 is 5.73 Å². The van der Waals surface area contributed by atoms with Crippen molar-refractivity contribution in [2.45, 2.75) is 11.8 Å². The molecule has 0 saturated heterocycles. The van der Waals surface area contributed by atoms with Crippen LogP contribution in [0.25, 0.3) is 0 Å². The Balaban J connectivity index is 2.40. The van der Waals surface area contributed by atoms with Crippen molar-refractivity contribution in [2.24, 2.45) is 5.73 Å². The molecule has 0 atom stereocenters. The van der Waals surface area contributed by atoms with Crippen LogP contribution in [0.4, 0.5) is 11.4 Å². The molecular weight excluding hydrogens is 322 g/mol. The van der Waals surface area contributed by atoms with Gasteiger partial charge in [-0.3, -0.25) is 19.6 Å². The molecule has 2 aromatic carbocycles. The maximum absolute atomic E-state index is 12.3. The van der Waals surface area contributed by atoms with Gasteiger partial charge in [-0.2, -0.15) is 0 Å². The third-order valence-corrected chi connectivity index (χ3v) is 4.47. The fraction of sp³-hybridized carbons (Fsp3) is 0.0714. The molecular formula is C14H13N3O5S. The van der Waals surface area contributed by atoms with Crippen LogP contribution in [0.5, 0.6) is 0 Å². The summed E-state index contributed by atoms with van der Waals surface area (Å²) < 4.78 is 26.9. The molecule has 0 spiro atoms. The number of benzene rings is 2. The van der Waals surface area contributed by atoms with Crippen LogP contribution in [-0.4, -0.2) is 19.2 Å². The highest BCUT2D eigenvalue weighted by Gasteiger charge is 2.18. The Kier molecular flexibility index (Phi) is 4.32. The first kappa shape index (κ1) is 16.4. The van der Waals surface area contributed by atoms with Crippen molar-refractivity contribution < 1.29 is 18.1 Å². The molecule has 1 amide bonds. The number of amides is 1. The number of nitrogens with zero attached hydrogens (tertiary/aromatic N) is 1. The number of hydrogen-bond donors (Lipinski definition) is 2. The summed E-state index contributed by atoms with van der Waals surface area (Å²) in [5, 5.41) is 10.7. The molecule has 3 N–H and O–H groups in total. The molecule has 23 heavy (non-hydrogen) atoms. The van der Waals surface area contributed by atoms with Crippen LogP contribution in [0.2, 0.25) is 0 Å². The van der Waals surface area contributed by atoms with Crippen LogP contribution >= 0.6 is 0 Å². The van der Waals surface area contributed by atoms with Crippen LogP contribution in [0, 0.1) is 17.0 Å².